The first kappa shape index (κ1) is 18.6. The van der Waals surface area contributed by atoms with Gasteiger partial charge >= 0.3 is 6.03 Å². The van der Waals surface area contributed by atoms with E-state index in [-0.39, 0.29) is 0 Å². The molecule has 0 saturated heterocycles. The van der Waals surface area contributed by atoms with E-state index in [0.29, 0.717) is 11.4 Å². The largest absolute Gasteiger partial charge is 0.388 e. The lowest BCUT2D eigenvalue weighted by Crippen LogP contribution is -2.73. The van der Waals surface area contributed by atoms with Gasteiger partial charge in [0.1, 0.15) is 5.82 Å². The molecule has 0 aliphatic heterocycles. The summed E-state index contributed by atoms with van der Waals surface area (Å²) in [5.74, 6) is 0.337. The molecule has 2 aromatic rings. The summed E-state index contributed by atoms with van der Waals surface area (Å²) in [7, 11) is 1.86. The van der Waals surface area contributed by atoms with E-state index in [4.69, 9.17) is 5.41 Å². The van der Waals surface area contributed by atoms with Crippen LogP contribution in [0.5, 0.6) is 0 Å². The van der Waals surface area contributed by atoms with E-state index in [1.54, 1.807) is 26.1 Å². The average molecular weight is 342 g/mol. The van der Waals surface area contributed by atoms with Gasteiger partial charge in [0.25, 0.3) is 0 Å². The number of quaternary nitrogens is 1. The fourth-order valence-corrected chi connectivity index (χ4v) is 2.51. The van der Waals surface area contributed by atoms with Gasteiger partial charge in [-0.3, -0.25) is 5.32 Å². The number of urea groups is 1. The zero-order valence-electron chi connectivity index (χ0n) is 14.6. The lowest BCUT2D eigenvalue weighted by molar-refractivity contribution is -0.539. The first-order valence-electron chi connectivity index (χ1n) is 8.00. The molecule has 2 amide bonds. The molecule has 0 unspecified atom stereocenters. The lowest BCUT2D eigenvalue weighted by atomic mass is 9.92. The highest BCUT2D eigenvalue weighted by molar-refractivity contribution is 5.91. The van der Waals surface area contributed by atoms with Crippen molar-refractivity contribution in [2.75, 3.05) is 12.4 Å². The predicted molar refractivity (Wildman–Crippen MR) is 97.3 cm³/mol. The molecule has 1 aromatic carbocycles. The van der Waals surface area contributed by atoms with Crippen molar-refractivity contribution < 1.29 is 15.2 Å². The Morgan fingerprint density at radius 2 is 2.04 bits per heavy atom. The molecule has 0 spiro atoms. The number of nitrogens with one attached hydrogen (secondary N) is 3. The van der Waals surface area contributed by atoms with Gasteiger partial charge in [-0.05, 0) is 25.5 Å². The summed E-state index contributed by atoms with van der Waals surface area (Å²) in [6, 6.07) is 9.84. The maximum Gasteiger partial charge on any atom is 0.320 e. The zero-order valence-corrected chi connectivity index (χ0v) is 14.6. The van der Waals surface area contributed by atoms with Gasteiger partial charge < -0.3 is 21.1 Å². The molecule has 0 aliphatic carbocycles. The van der Waals surface area contributed by atoms with Crippen molar-refractivity contribution >= 4 is 23.8 Å². The Morgan fingerprint density at radius 3 is 2.60 bits per heavy atom. The highest BCUT2D eigenvalue weighted by Crippen LogP contribution is 2.25. The number of hydrogen-bond acceptors (Lipinski definition) is 4. The zero-order chi connectivity index (χ0) is 18.4. The highest BCUT2D eigenvalue weighted by Gasteiger charge is 2.29. The van der Waals surface area contributed by atoms with Gasteiger partial charge in [-0.15, -0.1) is 0 Å². The maximum absolute atomic E-state index is 12.4. The SMILES string of the molecule is C[NH2+]c1cnc(NC(=O)N[C@@H](c2ccccc2)C(C)(C)O)cc1C=N. The van der Waals surface area contributed by atoms with Gasteiger partial charge in [-0.2, -0.15) is 0 Å². The van der Waals surface area contributed by atoms with Crippen LogP contribution in [0, 0.1) is 5.41 Å². The van der Waals surface area contributed by atoms with E-state index in [1.807, 2.05) is 42.7 Å². The number of aromatic nitrogens is 1. The number of nitrogens with two attached hydrogens (primary N) is 1. The topological polar surface area (TPSA) is 115 Å². The number of carbonyl (C=O) groups excluding carboxylic acids is 1. The summed E-state index contributed by atoms with van der Waals surface area (Å²) in [4.78, 5) is 16.5. The summed E-state index contributed by atoms with van der Waals surface area (Å²) >= 11 is 0. The van der Waals surface area contributed by atoms with Crippen LogP contribution >= 0.6 is 0 Å². The third-order valence-corrected chi connectivity index (χ3v) is 3.79. The number of benzene rings is 1. The van der Waals surface area contributed by atoms with E-state index in [9.17, 15) is 9.90 Å². The van der Waals surface area contributed by atoms with Crippen molar-refractivity contribution in [2.24, 2.45) is 0 Å². The minimum absolute atomic E-state index is 0.337. The van der Waals surface area contributed by atoms with Gasteiger partial charge in [-0.25, -0.2) is 9.78 Å². The van der Waals surface area contributed by atoms with Crippen molar-refractivity contribution in [1.82, 2.24) is 10.3 Å². The van der Waals surface area contributed by atoms with E-state index in [0.717, 1.165) is 11.3 Å². The van der Waals surface area contributed by atoms with Gasteiger partial charge in [0, 0.05) is 6.21 Å². The van der Waals surface area contributed by atoms with Gasteiger partial charge in [0.15, 0.2) is 5.69 Å². The van der Waals surface area contributed by atoms with E-state index < -0.39 is 17.7 Å². The number of aliphatic hydroxyl groups is 1. The summed E-state index contributed by atoms with van der Waals surface area (Å²) in [5.41, 5.74) is 1.14. The van der Waals surface area contributed by atoms with Crippen molar-refractivity contribution in [1.29, 1.82) is 5.41 Å². The maximum atomic E-state index is 12.4. The molecule has 6 N–H and O–H groups in total. The number of anilines is 1. The third-order valence-electron chi connectivity index (χ3n) is 3.79. The van der Waals surface area contributed by atoms with Crippen molar-refractivity contribution in [3.63, 3.8) is 0 Å². The Kier molecular flexibility index (Phi) is 5.84. The molecule has 25 heavy (non-hydrogen) atoms. The second-order valence-corrected chi connectivity index (χ2v) is 6.23. The van der Waals surface area contributed by atoms with Crippen LogP contribution in [0.4, 0.5) is 16.3 Å². The Bertz CT molecular complexity index is 741. The number of pyridine rings is 1. The summed E-state index contributed by atoms with van der Waals surface area (Å²) in [6.45, 7) is 3.28. The van der Waals surface area contributed by atoms with Crippen LogP contribution in [0.15, 0.2) is 42.6 Å². The molecule has 0 aliphatic rings. The average Bonchev–Trinajstić information content (AvgIpc) is 2.59. The quantitative estimate of drug-likeness (QED) is 0.513. The smallest absolute Gasteiger partial charge is 0.320 e. The fourth-order valence-electron chi connectivity index (χ4n) is 2.51. The molecule has 0 radical (unpaired) electrons. The predicted octanol–water partition coefficient (Wildman–Crippen LogP) is 1.54. The molecule has 7 heteroatoms. The van der Waals surface area contributed by atoms with Crippen molar-refractivity contribution in [3.05, 3.63) is 53.7 Å². The summed E-state index contributed by atoms with van der Waals surface area (Å²) in [5, 5.41) is 25.1. The fraction of sp³-hybridized carbons (Fsp3) is 0.278. The molecular weight excluding hydrogens is 318 g/mol. The third kappa shape index (κ3) is 4.85. The van der Waals surface area contributed by atoms with E-state index in [2.05, 4.69) is 15.6 Å². The van der Waals surface area contributed by atoms with Crippen LogP contribution in [0.25, 0.3) is 0 Å². The monoisotopic (exact) mass is 342 g/mol. The second kappa shape index (κ2) is 7.87. The number of rotatable bonds is 6. The standard InChI is InChI=1S/C18H23N5O2/c1-18(2,25)16(12-7-5-4-6-8-12)23-17(24)22-15-9-13(10-19)14(20-3)11-21-15/h4-11,16,19-20,25H,1-3H3,(H2,21,22,23,24)/p+1/t16-/m0/s1. The first-order chi connectivity index (χ1) is 11.8. The van der Waals surface area contributed by atoms with Crippen LogP contribution in [0.1, 0.15) is 31.0 Å². The Hall–Kier alpha value is -2.77. The van der Waals surface area contributed by atoms with Crippen molar-refractivity contribution in [3.8, 4) is 0 Å². The first-order valence-corrected chi connectivity index (χ1v) is 8.00. The lowest BCUT2D eigenvalue weighted by Gasteiger charge is -2.30. The second-order valence-electron chi connectivity index (χ2n) is 6.23. The van der Waals surface area contributed by atoms with E-state index in [1.165, 1.54) is 6.21 Å². The van der Waals surface area contributed by atoms with Crippen molar-refractivity contribution in [2.45, 2.75) is 25.5 Å². The number of carbonyl (C=O) groups is 1. The summed E-state index contributed by atoms with van der Waals surface area (Å²) < 4.78 is 0. The minimum Gasteiger partial charge on any atom is -0.388 e. The Balaban J connectivity index is 2.16. The molecular formula is C18H24N5O2+. The Labute approximate surface area is 147 Å². The van der Waals surface area contributed by atoms with Crippen LogP contribution in [0.3, 0.4) is 0 Å². The minimum atomic E-state index is -1.15. The molecule has 7 nitrogen and oxygen atoms in total. The number of nitrogens with zero attached hydrogens (tertiary/aromatic N) is 1. The molecule has 132 valence electrons. The molecule has 1 aromatic heterocycles. The van der Waals surface area contributed by atoms with E-state index >= 15 is 0 Å². The molecule has 1 atom stereocenters. The number of hydrogen-bond donors (Lipinski definition) is 5. The molecule has 0 saturated carbocycles. The highest BCUT2D eigenvalue weighted by atomic mass is 16.3. The van der Waals surface area contributed by atoms with Crippen LogP contribution in [-0.2, 0) is 0 Å². The number of amides is 2. The van der Waals surface area contributed by atoms with Gasteiger partial charge in [0.2, 0.25) is 0 Å². The summed E-state index contributed by atoms with van der Waals surface area (Å²) in [6.07, 6.45) is 2.81. The molecule has 1 heterocycles. The normalized spacial score (nSPS) is 12.3. The van der Waals surface area contributed by atoms with Gasteiger partial charge in [0.05, 0.1) is 30.5 Å². The van der Waals surface area contributed by atoms with Crippen LogP contribution in [0.2, 0.25) is 0 Å². The van der Waals surface area contributed by atoms with Crippen LogP contribution < -0.4 is 16.0 Å². The van der Waals surface area contributed by atoms with Gasteiger partial charge in [-0.1, -0.05) is 30.3 Å². The molecule has 0 bridgehead atoms. The van der Waals surface area contributed by atoms with Crippen LogP contribution in [-0.4, -0.2) is 35.0 Å². The Morgan fingerprint density at radius 1 is 1.36 bits per heavy atom. The molecule has 0 fully saturated rings. The molecule has 2 rings (SSSR count).